The highest BCUT2D eigenvalue weighted by Gasteiger charge is 2.40. The molecule has 1 aliphatic rings. The van der Waals surface area contributed by atoms with Crippen LogP contribution in [0.15, 0.2) is 0 Å². The minimum absolute atomic E-state index is 0.129. The van der Waals surface area contributed by atoms with Crippen LogP contribution in [0.25, 0.3) is 0 Å². The van der Waals surface area contributed by atoms with Crippen molar-refractivity contribution in [2.75, 3.05) is 12.4 Å². The molecular formula is C8H13NO4S. The Kier molecular flexibility index (Phi) is 3.62. The highest BCUT2D eigenvalue weighted by molar-refractivity contribution is 8.00. The van der Waals surface area contributed by atoms with Crippen LogP contribution in [0.2, 0.25) is 0 Å². The molecule has 80 valence electrons. The number of amides is 1. The Morgan fingerprint density at radius 2 is 2.29 bits per heavy atom. The molecular weight excluding hydrogens is 206 g/mol. The average Bonchev–Trinajstić information content (AvgIpc) is 2.47. The minimum atomic E-state index is -0.977. The molecule has 6 heteroatoms. The van der Waals surface area contributed by atoms with Gasteiger partial charge in [-0.05, 0) is 13.8 Å². The lowest BCUT2D eigenvalue weighted by Gasteiger charge is -2.23. The summed E-state index contributed by atoms with van der Waals surface area (Å²) in [6.07, 6.45) is -0.544. The summed E-state index contributed by atoms with van der Waals surface area (Å²) in [7, 11) is 0. The molecule has 0 aromatic carbocycles. The Hall–Kier alpha value is -0.910. The smallest absolute Gasteiger partial charge is 0.411 e. The zero-order chi connectivity index (χ0) is 10.7. The van der Waals surface area contributed by atoms with E-state index in [1.807, 2.05) is 0 Å². The van der Waals surface area contributed by atoms with Crippen LogP contribution < -0.4 is 0 Å². The van der Waals surface area contributed by atoms with Gasteiger partial charge in [0, 0.05) is 5.75 Å². The van der Waals surface area contributed by atoms with Gasteiger partial charge in [-0.3, -0.25) is 4.90 Å². The molecule has 0 aliphatic carbocycles. The van der Waals surface area contributed by atoms with Gasteiger partial charge in [0.2, 0.25) is 0 Å². The fourth-order valence-electron chi connectivity index (χ4n) is 1.31. The molecule has 1 amide bonds. The van der Waals surface area contributed by atoms with Gasteiger partial charge in [0.25, 0.3) is 0 Å². The molecule has 1 N–H and O–H groups in total. The number of aliphatic carboxylic acids is 1. The summed E-state index contributed by atoms with van der Waals surface area (Å²) in [6, 6.07) is -0.756. The fraction of sp³-hybridized carbons (Fsp3) is 0.750. The zero-order valence-corrected chi connectivity index (χ0v) is 8.91. The molecule has 5 nitrogen and oxygen atoms in total. The maximum absolute atomic E-state index is 11.4. The van der Waals surface area contributed by atoms with Crippen molar-refractivity contribution in [2.24, 2.45) is 0 Å². The molecule has 0 bridgehead atoms. The summed E-state index contributed by atoms with van der Waals surface area (Å²) in [6.45, 7) is 3.76. The first-order valence-electron chi connectivity index (χ1n) is 4.37. The van der Waals surface area contributed by atoms with Crippen molar-refractivity contribution >= 4 is 23.8 Å². The van der Waals surface area contributed by atoms with Gasteiger partial charge < -0.3 is 9.84 Å². The number of carboxylic acids is 1. The number of rotatable bonds is 2. The van der Waals surface area contributed by atoms with E-state index in [4.69, 9.17) is 9.84 Å². The summed E-state index contributed by atoms with van der Waals surface area (Å²) in [4.78, 5) is 23.5. The highest BCUT2D eigenvalue weighted by Crippen LogP contribution is 2.29. The van der Waals surface area contributed by atoms with Crippen molar-refractivity contribution in [3.63, 3.8) is 0 Å². The second kappa shape index (κ2) is 4.54. The van der Waals surface area contributed by atoms with Gasteiger partial charge in [-0.15, -0.1) is 11.8 Å². The van der Waals surface area contributed by atoms with Gasteiger partial charge in [0.15, 0.2) is 0 Å². The first-order chi connectivity index (χ1) is 6.57. The van der Waals surface area contributed by atoms with Gasteiger partial charge in [0.1, 0.15) is 6.04 Å². The van der Waals surface area contributed by atoms with E-state index in [1.54, 1.807) is 13.8 Å². The standard InChI is InChI=1S/C8H13NO4S/c1-3-13-8(12)9-5(2)14-4-6(9)7(10)11/h5-6H,3-4H2,1-2H3,(H,10,11). The molecule has 0 spiro atoms. The predicted molar refractivity (Wildman–Crippen MR) is 52.2 cm³/mol. The molecule has 0 saturated carbocycles. The Labute approximate surface area is 86.4 Å². The normalized spacial score (nSPS) is 26.3. The lowest BCUT2D eigenvalue weighted by molar-refractivity contribution is -0.141. The molecule has 1 fully saturated rings. The van der Waals surface area contributed by atoms with Crippen molar-refractivity contribution in [2.45, 2.75) is 25.3 Å². The molecule has 0 aromatic rings. The quantitative estimate of drug-likeness (QED) is 0.750. The fourth-order valence-corrected chi connectivity index (χ4v) is 2.47. The van der Waals surface area contributed by atoms with Crippen LogP contribution in [0.4, 0.5) is 4.79 Å². The molecule has 1 heterocycles. The van der Waals surface area contributed by atoms with E-state index >= 15 is 0 Å². The van der Waals surface area contributed by atoms with E-state index in [1.165, 1.54) is 16.7 Å². The van der Waals surface area contributed by atoms with Crippen molar-refractivity contribution < 1.29 is 19.4 Å². The van der Waals surface area contributed by atoms with Crippen molar-refractivity contribution in [1.82, 2.24) is 4.90 Å². The first kappa shape index (κ1) is 11.2. The largest absolute Gasteiger partial charge is 0.480 e. The van der Waals surface area contributed by atoms with Gasteiger partial charge in [-0.25, -0.2) is 9.59 Å². The Balaban J connectivity index is 2.71. The van der Waals surface area contributed by atoms with E-state index in [2.05, 4.69) is 0 Å². The second-order valence-corrected chi connectivity index (χ2v) is 4.24. The number of carbonyl (C=O) groups excluding carboxylic acids is 1. The van der Waals surface area contributed by atoms with Crippen LogP contribution >= 0.6 is 11.8 Å². The maximum Gasteiger partial charge on any atom is 0.411 e. The summed E-state index contributed by atoms with van der Waals surface area (Å²) >= 11 is 1.44. The third-order valence-electron chi connectivity index (χ3n) is 1.99. The SMILES string of the molecule is CCOC(=O)N1C(C)SCC1C(=O)O. The molecule has 2 atom stereocenters. The molecule has 2 unspecified atom stereocenters. The van der Waals surface area contributed by atoms with Crippen molar-refractivity contribution in [3.8, 4) is 0 Å². The Bertz CT molecular complexity index is 245. The number of carbonyl (C=O) groups is 2. The Morgan fingerprint density at radius 3 is 2.79 bits per heavy atom. The predicted octanol–water partition coefficient (Wildman–Crippen LogP) is 0.991. The summed E-state index contributed by atoms with van der Waals surface area (Å²) in [5.74, 6) is -0.551. The molecule has 1 rings (SSSR count). The molecule has 1 saturated heterocycles. The number of hydrogen-bond acceptors (Lipinski definition) is 4. The topological polar surface area (TPSA) is 66.8 Å². The van der Waals surface area contributed by atoms with Gasteiger partial charge in [-0.2, -0.15) is 0 Å². The van der Waals surface area contributed by atoms with Crippen LogP contribution in [0.5, 0.6) is 0 Å². The first-order valence-corrected chi connectivity index (χ1v) is 5.42. The van der Waals surface area contributed by atoms with Crippen LogP contribution in [-0.4, -0.2) is 45.8 Å². The average molecular weight is 219 g/mol. The lowest BCUT2D eigenvalue weighted by atomic mass is 10.3. The number of carboxylic acid groups (broad SMARTS) is 1. The maximum atomic E-state index is 11.4. The summed E-state index contributed by atoms with van der Waals surface area (Å²) < 4.78 is 4.79. The van der Waals surface area contributed by atoms with Gasteiger partial charge >= 0.3 is 12.1 Å². The third-order valence-corrected chi connectivity index (χ3v) is 3.20. The second-order valence-electron chi connectivity index (χ2n) is 2.89. The van der Waals surface area contributed by atoms with E-state index in [0.717, 1.165) is 0 Å². The summed E-state index contributed by atoms with van der Waals surface area (Å²) in [5.41, 5.74) is 0. The molecule has 0 aromatic heterocycles. The number of hydrogen-bond donors (Lipinski definition) is 1. The van der Waals surface area contributed by atoms with Gasteiger partial charge in [-0.1, -0.05) is 0 Å². The van der Waals surface area contributed by atoms with E-state index in [0.29, 0.717) is 5.75 Å². The van der Waals surface area contributed by atoms with Crippen molar-refractivity contribution in [1.29, 1.82) is 0 Å². The third kappa shape index (κ3) is 2.12. The van der Waals surface area contributed by atoms with Crippen LogP contribution in [0.3, 0.4) is 0 Å². The van der Waals surface area contributed by atoms with E-state index in [9.17, 15) is 9.59 Å². The number of thioether (sulfide) groups is 1. The van der Waals surface area contributed by atoms with Gasteiger partial charge in [0.05, 0.1) is 12.0 Å². The lowest BCUT2D eigenvalue weighted by Crippen LogP contribution is -2.45. The Morgan fingerprint density at radius 1 is 1.64 bits per heavy atom. The minimum Gasteiger partial charge on any atom is -0.480 e. The van der Waals surface area contributed by atoms with E-state index < -0.39 is 18.1 Å². The summed E-state index contributed by atoms with van der Waals surface area (Å²) in [5, 5.41) is 8.73. The van der Waals surface area contributed by atoms with Crippen LogP contribution in [-0.2, 0) is 9.53 Å². The van der Waals surface area contributed by atoms with E-state index in [-0.39, 0.29) is 12.0 Å². The number of ether oxygens (including phenoxy) is 1. The molecule has 14 heavy (non-hydrogen) atoms. The molecule has 0 radical (unpaired) electrons. The van der Waals surface area contributed by atoms with Crippen LogP contribution in [0, 0.1) is 0 Å². The zero-order valence-electron chi connectivity index (χ0n) is 8.10. The molecule has 1 aliphatic heterocycles. The number of nitrogens with zero attached hydrogens (tertiary/aromatic N) is 1. The highest BCUT2D eigenvalue weighted by atomic mass is 32.2. The van der Waals surface area contributed by atoms with Crippen LogP contribution in [0.1, 0.15) is 13.8 Å². The van der Waals surface area contributed by atoms with Crippen molar-refractivity contribution in [3.05, 3.63) is 0 Å². The monoisotopic (exact) mass is 219 g/mol.